The second-order valence-corrected chi connectivity index (χ2v) is 7.85. The quantitative estimate of drug-likeness (QED) is 0.861. The van der Waals surface area contributed by atoms with E-state index in [9.17, 15) is 4.79 Å². The number of fused-ring (bicyclic) bond motifs is 1. The first-order valence-corrected chi connectivity index (χ1v) is 9.34. The zero-order chi connectivity index (χ0) is 16.7. The van der Waals surface area contributed by atoms with Crippen molar-refractivity contribution in [2.24, 2.45) is 11.8 Å². The van der Waals surface area contributed by atoms with Crippen LogP contribution < -0.4 is 4.90 Å². The molecule has 4 rings (SSSR count). The summed E-state index contributed by atoms with van der Waals surface area (Å²) in [4.78, 5) is 26.5. The molecule has 2 aromatic rings. The molecule has 6 heteroatoms. The van der Waals surface area contributed by atoms with Crippen LogP contribution in [0.25, 0.3) is 0 Å². The minimum atomic E-state index is 0.198. The predicted octanol–water partition coefficient (Wildman–Crippen LogP) is 2.83. The summed E-state index contributed by atoms with van der Waals surface area (Å²) in [7, 11) is 2.10. The van der Waals surface area contributed by atoms with Crippen LogP contribution in [0, 0.1) is 18.8 Å². The van der Waals surface area contributed by atoms with Crippen molar-refractivity contribution in [3.63, 3.8) is 0 Å². The monoisotopic (exact) mass is 342 g/mol. The van der Waals surface area contributed by atoms with E-state index in [0.717, 1.165) is 23.8 Å². The van der Waals surface area contributed by atoms with Gasteiger partial charge in [0.1, 0.15) is 5.82 Å². The Kier molecular flexibility index (Phi) is 4.00. The summed E-state index contributed by atoms with van der Waals surface area (Å²) in [5.41, 5.74) is 1.17. The Morgan fingerprint density at radius 2 is 2.21 bits per heavy atom. The van der Waals surface area contributed by atoms with Gasteiger partial charge in [-0.1, -0.05) is 0 Å². The summed E-state index contributed by atoms with van der Waals surface area (Å²) >= 11 is 1.56. The van der Waals surface area contributed by atoms with E-state index < -0.39 is 0 Å². The van der Waals surface area contributed by atoms with E-state index in [0.29, 0.717) is 17.9 Å². The van der Waals surface area contributed by atoms with Gasteiger partial charge in [-0.15, -0.1) is 11.3 Å². The Hall–Kier alpha value is -1.95. The Bertz CT molecular complexity index is 732. The van der Waals surface area contributed by atoms with Crippen LogP contribution in [0.15, 0.2) is 30.0 Å². The van der Waals surface area contributed by atoms with E-state index in [-0.39, 0.29) is 5.91 Å². The minimum absolute atomic E-state index is 0.198. The summed E-state index contributed by atoms with van der Waals surface area (Å²) in [6.07, 6.45) is 7.62. The maximum atomic E-state index is 12.7. The number of carbonyl (C=O) groups excluding carboxylic acids is 1. The van der Waals surface area contributed by atoms with Gasteiger partial charge in [0.15, 0.2) is 0 Å². The molecule has 5 nitrogen and oxygen atoms in total. The number of aromatic nitrogens is 2. The van der Waals surface area contributed by atoms with Crippen molar-refractivity contribution in [3.8, 4) is 0 Å². The topological polar surface area (TPSA) is 49.3 Å². The fourth-order valence-electron chi connectivity index (χ4n) is 4.23. The largest absolute Gasteiger partial charge is 0.355 e. The van der Waals surface area contributed by atoms with Crippen molar-refractivity contribution >= 4 is 23.1 Å². The fraction of sp³-hybridized carbons (Fsp3) is 0.500. The number of thiophene rings is 1. The molecule has 3 atom stereocenters. The third-order valence-corrected chi connectivity index (χ3v) is 6.49. The Balaban J connectivity index is 1.48. The Morgan fingerprint density at radius 1 is 1.33 bits per heavy atom. The van der Waals surface area contributed by atoms with Gasteiger partial charge in [-0.2, -0.15) is 0 Å². The predicted molar refractivity (Wildman–Crippen MR) is 95.4 cm³/mol. The van der Waals surface area contributed by atoms with Crippen LogP contribution >= 0.6 is 11.3 Å². The third kappa shape index (κ3) is 2.69. The number of hydrogen-bond acceptors (Lipinski definition) is 5. The number of nitrogens with zero attached hydrogens (tertiary/aromatic N) is 4. The first kappa shape index (κ1) is 15.6. The van der Waals surface area contributed by atoms with Crippen molar-refractivity contribution < 1.29 is 4.79 Å². The summed E-state index contributed by atoms with van der Waals surface area (Å²) in [5, 5.41) is 2.05. The first-order chi connectivity index (χ1) is 11.6. The molecular formula is C18H22N4OS. The lowest BCUT2D eigenvalue weighted by molar-refractivity contribution is 0.0784. The molecule has 0 unspecified atom stereocenters. The Morgan fingerprint density at radius 3 is 2.92 bits per heavy atom. The van der Waals surface area contributed by atoms with E-state index in [1.807, 2.05) is 19.2 Å². The maximum absolute atomic E-state index is 12.7. The second-order valence-electron chi connectivity index (χ2n) is 6.94. The van der Waals surface area contributed by atoms with Gasteiger partial charge in [-0.3, -0.25) is 9.78 Å². The molecule has 1 saturated heterocycles. The number of anilines is 1. The number of aryl methyl sites for hydroxylation is 1. The number of amides is 1. The molecule has 24 heavy (non-hydrogen) atoms. The molecule has 0 bridgehead atoms. The number of rotatable bonds is 3. The van der Waals surface area contributed by atoms with Gasteiger partial charge in [-0.25, -0.2) is 4.98 Å². The molecule has 2 fully saturated rings. The van der Waals surface area contributed by atoms with E-state index in [2.05, 4.69) is 32.2 Å². The van der Waals surface area contributed by atoms with Gasteiger partial charge in [-0.05, 0) is 42.7 Å². The van der Waals surface area contributed by atoms with Gasteiger partial charge in [0.2, 0.25) is 0 Å². The zero-order valence-electron chi connectivity index (χ0n) is 14.1. The van der Waals surface area contributed by atoms with Crippen LogP contribution in [-0.4, -0.2) is 47.0 Å². The smallest absolute Gasteiger partial charge is 0.263 e. The molecule has 3 heterocycles. The molecule has 1 aliphatic carbocycles. The zero-order valence-corrected chi connectivity index (χ0v) is 14.9. The summed E-state index contributed by atoms with van der Waals surface area (Å²) in [6.45, 7) is 3.79. The lowest BCUT2D eigenvalue weighted by atomic mass is 9.97. The molecule has 2 aliphatic rings. The first-order valence-electron chi connectivity index (χ1n) is 8.46. The van der Waals surface area contributed by atoms with Crippen LogP contribution in [0.2, 0.25) is 0 Å². The Labute approximate surface area is 146 Å². The van der Waals surface area contributed by atoms with Gasteiger partial charge in [0.25, 0.3) is 5.91 Å². The van der Waals surface area contributed by atoms with Gasteiger partial charge in [0.05, 0.1) is 11.1 Å². The van der Waals surface area contributed by atoms with Gasteiger partial charge < -0.3 is 9.80 Å². The maximum Gasteiger partial charge on any atom is 0.263 e. The highest BCUT2D eigenvalue weighted by atomic mass is 32.1. The molecule has 0 N–H and O–H groups in total. The molecule has 2 aromatic heterocycles. The fourth-order valence-corrected chi connectivity index (χ4v) is 5.09. The molecule has 126 valence electrons. The highest BCUT2D eigenvalue weighted by Crippen LogP contribution is 2.41. The standard InChI is InChI=1S/C18H22N4OS/c1-12-7-16(24-11-12)18(23)22-9-13-3-4-15(14(13)10-22)21(2)17-8-19-5-6-20-17/h5-8,11,13-15H,3-4,9-10H2,1-2H3/t13-,14+,15-/m1/s1. The molecule has 0 aromatic carbocycles. The van der Waals surface area contributed by atoms with Crippen LogP contribution in [-0.2, 0) is 0 Å². The summed E-state index contributed by atoms with van der Waals surface area (Å²) in [6, 6.07) is 2.44. The van der Waals surface area contributed by atoms with Crippen LogP contribution in [0.1, 0.15) is 28.1 Å². The van der Waals surface area contributed by atoms with Crippen LogP contribution in [0.3, 0.4) is 0 Å². The number of hydrogen-bond donors (Lipinski definition) is 0. The molecule has 1 saturated carbocycles. The van der Waals surface area contributed by atoms with Crippen molar-refractivity contribution in [1.29, 1.82) is 0 Å². The molecular weight excluding hydrogens is 320 g/mol. The summed E-state index contributed by atoms with van der Waals surface area (Å²) in [5.74, 6) is 2.26. The second kappa shape index (κ2) is 6.16. The van der Waals surface area contributed by atoms with Crippen LogP contribution in [0.4, 0.5) is 5.82 Å². The highest BCUT2D eigenvalue weighted by Gasteiger charge is 2.45. The lowest BCUT2D eigenvalue weighted by Gasteiger charge is -2.30. The van der Waals surface area contributed by atoms with Crippen molar-refractivity contribution in [2.45, 2.75) is 25.8 Å². The van der Waals surface area contributed by atoms with Gasteiger partial charge >= 0.3 is 0 Å². The number of carbonyl (C=O) groups is 1. The SMILES string of the molecule is Cc1csc(C(=O)N2C[C@H]3CC[C@@H](N(C)c4cnccn4)[C@H]3C2)c1. The third-order valence-electron chi connectivity index (χ3n) is 5.46. The normalized spacial score (nSPS) is 25.8. The average Bonchev–Trinajstić information content (AvgIpc) is 3.29. The van der Waals surface area contributed by atoms with Crippen molar-refractivity contribution in [1.82, 2.24) is 14.9 Å². The van der Waals surface area contributed by atoms with E-state index in [1.165, 1.54) is 18.4 Å². The molecule has 1 amide bonds. The van der Waals surface area contributed by atoms with E-state index in [1.54, 1.807) is 23.7 Å². The average molecular weight is 342 g/mol. The van der Waals surface area contributed by atoms with Crippen molar-refractivity contribution in [2.75, 3.05) is 25.0 Å². The number of likely N-dealkylation sites (tertiary alicyclic amines) is 1. The highest BCUT2D eigenvalue weighted by molar-refractivity contribution is 7.12. The van der Waals surface area contributed by atoms with E-state index in [4.69, 9.17) is 0 Å². The van der Waals surface area contributed by atoms with E-state index >= 15 is 0 Å². The molecule has 0 radical (unpaired) electrons. The van der Waals surface area contributed by atoms with Crippen molar-refractivity contribution in [3.05, 3.63) is 40.5 Å². The molecule has 1 aliphatic heterocycles. The molecule has 0 spiro atoms. The van der Waals surface area contributed by atoms with Gasteiger partial charge in [0, 0.05) is 44.5 Å². The van der Waals surface area contributed by atoms with Crippen LogP contribution in [0.5, 0.6) is 0 Å². The lowest BCUT2D eigenvalue weighted by Crippen LogP contribution is -2.38. The minimum Gasteiger partial charge on any atom is -0.355 e. The summed E-state index contributed by atoms with van der Waals surface area (Å²) < 4.78 is 0.